The third kappa shape index (κ3) is 4.31. The first-order valence-corrected chi connectivity index (χ1v) is 8.31. The van der Waals surface area contributed by atoms with Crippen LogP contribution in [0.4, 0.5) is 5.69 Å². The Balaban J connectivity index is 1.66. The van der Waals surface area contributed by atoms with Crippen LogP contribution in [0.3, 0.4) is 0 Å². The summed E-state index contributed by atoms with van der Waals surface area (Å²) in [5.74, 6) is -0.113. The summed E-state index contributed by atoms with van der Waals surface area (Å²) in [7, 11) is 1.56. The zero-order chi connectivity index (χ0) is 18.4. The number of hydrogen-bond acceptors (Lipinski definition) is 6. The number of fused-ring (bicyclic) bond motifs is 1. The molecule has 1 aromatic carbocycles. The summed E-state index contributed by atoms with van der Waals surface area (Å²) in [6.45, 7) is 1.37. The molecule has 0 spiro atoms. The molecule has 0 bridgehead atoms. The van der Waals surface area contributed by atoms with E-state index in [0.717, 1.165) is 0 Å². The van der Waals surface area contributed by atoms with Gasteiger partial charge < -0.3 is 10.1 Å². The van der Waals surface area contributed by atoms with Crippen molar-refractivity contribution in [3.63, 3.8) is 0 Å². The first kappa shape index (κ1) is 17.7. The molecular weight excluding hydrogens is 336 g/mol. The number of rotatable bonds is 8. The third-order valence-electron chi connectivity index (χ3n) is 3.86. The molecule has 0 fully saturated rings. The van der Waals surface area contributed by atoms with Gasteiger partial charge in [0.05, 0.1) is 18.5 Å². The number of benzene rings is 1. The Hall–Kier alpha value is -3.07. The monoisotopic (exact) mass is 356 g/mol. The summed E-state index contributed by atoms with van der Waals surface area (Å²) in [4.78, 5) is 24.6. The molecule has 0 aliphatic rings. The number of ether oxygens (including phenoxy) is 1. The molecular formula is C17H20N6O3. The summed E-state index contributed by atoms with van der Waals surface area (Å²) in [5.41, 5.74) is 0.784. The molecule has 2 aromatic heterocycles. The highest BCUT2D eigenvalue weighted by Crippen LogP contribution is 2.14. The molecule has 136 valence electrons. The van der Waals surface area contributed by atoms with Crippen LogP contribution in [0.1, 0.15) is 12.8 Å². The predicted octanol–water partition coefficient (Wildman–Crippen LogP) is 1.05. The highest BCUT2D eigenvalue weighted by Gasteiger charge is 2.08. The van der Waals surface area contributed by atoms with E-state index in [1.54, 1.807) is 36.2 Å². The van der Waals surface area contributed by atoms with E-state index >= 15 is 0 Å². The first-order valence-electron chi connectivity index (χ1n) is 8.31. The topological polar surface area (TPSA) is 104 Å². The molecule has 9 nitrogen and oxygen atoms in total. The fraction of sp³-hybridized carbons (Fsp3) is 0.353. The zero-order valence-electron chi connectivity index (χ0n) is 14.5. The normalized spacial score (nSPS) is 11.0. The van der Waals surface area contributed by atoms with E-state index in [1.165, 1.54) is 4.68 Å². The predicted molar refractivity (Wildman–Crippen MR) is 95.8 cm³/mol. The average molecular weight is 356 g/mol. The zero-order valence-corrected chi connectivity index (χ0v) is 14.5. The van der Waals surface area contributed by atoms with Crippen LogP contribution in [-0.4, -0.2) is 44.4 Å². The van der Waals surface area contributed by atoms with Gasteiger partial charge in [-0.05, 0) is 30.7 Å². The van der Waals surface area contributed by atoms with Crippen molar-refractivity contribution in [1.29, 1.82) is 0 Å². The first-order chi connectivity index (χ1) is 12.7. The van der Waals surface area contributed by atoms with Gasteiger partial charge >= 0.3 is 0 Å². The van der Waals surface area contributed by atoms with E-state index in [0.29, 0.717) is 49.1 Å². The fourth-order valence-electron chi connectivity index (χ4n) is 2.54. The molecule has 1 amide bonds. The van der Waals surface area contributed by atoms with Crippen molar-refractivity contribution in [1.82, 2.24) is 24.8 Å². The lowest BCUT2D eigenvalue weighted by molar-refractivity contribution is -0.116. The highest BCUT2D eigenvalue weighted by atomic mass is 16.5. The van der Waals surface area contributed by atoms with Crippen LogP contribution in [0.5, 0.6) is 0 Å². The van der Waals surface area contributed by atoms with Crippen LogP contribution in [0.2, 0.25) is 0 Å². The lowest BCUT2D eigenvalue weighted by atomic mass is 10.2. The van der Waals surface area contributed by atoms with Gasteiger partial charge in [0.2, 0.25) is 5.91 Å². The SMILES string of the molecule is COCCn1nnc2ccc(NC(=O)CCCn3cccn3)cc2c1=O. The second-order valence-electron chi connectivity index (χ2n) is 5.76. The summed E-state index contributed by atoms with van der Waals surface area (Å²) < 4.78 is 8.00. The van der Waals surface area contributed by atoms with Gasteiger partial charge in [-0.25, -0.2) is 4.68 Å². The Morgan fingerprint density at radius 1 is 1.31 bits per heavy atom. The van der Waals surface area contributed by atoms with Gasteiger partial charge in [-0.3, -0.25) is 14.3 Å². The van der Waals surface area contributed by atoms with Gasteiger partial charge in [0, 0.05) is 38.2 Å². The van der Waals surface area contributed by atoms with Gasteiger partial charge in [-0.2, -0.15) is 5.10 Å². The Labute approximate surface area is 149 Å². The molecule has 26 heavy (non-hydrogen) atoms. The largest absolute Gasteiger partial charge is 0.383 e. The standard InChI is InChI=1S/C17H20N6O3/c1-26-11-10-23-17(25)14-12-13(5-6-15(14)20-21-23)19-16(24)4-2-8-22-9-3-7-18-22/h3,5-7,9,12H,2,4,8,10-11H2,1H3,(H,19,24). The van der Waals surface area contributed by atoms with E-state index < -0.39 is 0 Å². The summed E-state index contributed by atoms with van der Waals surface area (Å²) in [6, 6.07) is 6.85. The van der Waals surface area contributed by atoms with Crippen LogP contribution >= 0.6 is 0 Å². The number of hydrogen-bond donors (Lipinski definition) is 1. The number of anilines is 1. The van der Waals surface area contributed by atoms with E-state index in [2.05, 4.69) is 20.7 Å². The Kier molecular flexibility index (Phi) is 5.69. The maximum atomic E-state index is 12.5. The number of methoxy groups -OCH3 is 1. The number of nitrogens with zero attached hydrogens (tertiary/aromatic N) is 5. The maximum Gasteiger partial charge on any atom is 0.277 e. The summed E-state index contributed by atoms with van der Waals surface area (Å²) in [6.07, 6.45) is 4.61. The van der Waals surface area contributed by atoms with Crippen molar-refractivity contribution in [2.45, 2.75) is 25.9 Å². The minimum Gasteiger partial charge on any atom is -0.383 e. The van der Waals surface area contributed by atoms with E-state index in [4.69, 9.17) is 4.74 Å². The highest BCUT2D eigenvalue weighted by molar-refractivity contribution is 5.93. The van der Waals surface area contributed by atoms with Crippen LogP contribution < -0.4 is 10.9 Å². The second kappa shape index (κ2) is 8.34. The Morgan fingerprint density at radius 2 is 2.19 bits per heavy atom. The molecule has 0 unspecified atom stereocenters. The third-order valence-corrected chi connectivity index (χ3v) is 3.86. The molecule has 9 heteroatoms. The van der Waals surface area contributed by atoms with Crippen LogP contribution in [0, 0.1) is 0 Å². The van der Waals surface area contributed by atoms with Crippen molar-refractivity contribution < 1.29 is 9.53 Å². The van der Waals surface area contributed by atoms with E-state index in [9.17, 15) is 9.59 Å². The van der Waals surface area contributed by atoms with Crippen LogP contribution in [-0.2, 0) is 22.6 Å². The van der Waals surface area contributed by atoms with Crippen molar-refractivity contribution in [2.75, 3.05) is 19.0 Å². The fourth-order valence-corrected chi connectivity index (χ4v) is 2.54. The van der Waals surface area contributed by atoms with Gasteiger partial charge in [0.25, 0.3) is 5.56 Å². The smallest absolute Gasteiger partial charge is 0.277 e. The number of amides is 1. The van der Waals surface area contributed by atoms with Gasteiger partial charge in [0.1, 0.15) is 5.52 Å². The van der Waals surface area contributed by atoms with Crippen LogP contribution in [0.25, 0.3) is 10.9 Å². The molecule has 0 radical (unpaired) electrons. The average Bonchev–Trinajstić information content (AvgIpc) is 3.15. The van der Waals surface area contributed by atoms with Gasteiger partial charge in [0.15, 0.2) is 0 Å². The molecule has 1 N–H and O–H groups in total. The molecule has 0 aliphatic carbocycles. The number of aromatic nitrogens is 5. The molecule has 3 rings (SSSR count). The Morgan fingerprint density at radius 3 is 2.96 bits per heavy atom. The minimum absolute atomic E-state index is 0.113. The van der Waals surface area contributed by atoms with Crippen molar-refractivity contribution in [3.8, 4) is 0 Å². The number of aryl methyl sites for hydroxylation is 1. The Bertz CT molecular complexity index is 935. The maximum absolute atomic E-state index is 12.5. The quantitative estimate of drug-likeness (QED) is 0.647. The molecule has 0 saturated carbocycles. The van der Waals surface area contributed by atoms with E-state index in [-0.39, 0.29) is 11.5 Å². The molecule has 0 atom stereocenters. The second-order valence-corrected chi connectivity index (χ2v) is 5.76. The molecule has 2 heterocycles. The molecule has 3 aromatic rings. The lowest BCUT2D eigenvalue weighted by Crippen LogP contribution is -2.26. The number of nitrogens with one attached hydrogen (secondary N) is 1. The molecule has 0 saturated heterocycles. The van der Waals surface area contributed by atoms with Crippen LogP contribution in [0.15, 0.2) is 41.5 Å². The van der Waals surface area contributed by atoms with Crippen molar-refractivity contribution in [3.05, 3.63) is 47.0 Å². The summed E-state index contributed by atoms with van der Waals surface area (Å²) in [5, 5.41) is 15.2. The van der Waals surface area contributed by atoms with E-state index in [1.807, 2.05) is 12.3 Å². The van der Waals surface area contributed by atoms with Crippen molar-refractivity contribution in [2.24, 2.45) is 0 Å². The molecule has 0 aliphatic heterocycles. The minimum atomic E-state index is -0.262. The van der Waals surface area contributed by atoms with Crippen molar-refractivity contribution >= 4 is 22.5 Å². The van der Waals surface area contributed by atoms with Gasteiger partial charge in [-0.15, -0.1) is 5.10 Å². The number of carbonyl (C=O) groups is 1. The summed E-state index contributed by atoms with van der Waals surface area (Å²) >= 11 is 0. The number of carbonyl (C=O) groups excluding carboxylic acids is 1. The van der Waals surface area contributed by atoms with Gasteiger partial charge in [-0.1, -0.05) is 5.21 Å². The lowest BCUT2D eigenvalue weighted by Gasteiger charge is -2.08.